The van der Waals surface area contributed by atoms with Gasteiger partial charge in [-0.3, -0.25) is 14.6 Å². The first-order chi connectivity index (χ1) is 19.6. The zero-order valence-electron chi connectivity index (χ0n) is 23.3. The number of hydrogen-bond acceptors (Lipinski definition) is 8. The number of methoxy groups -OCH3 is 1. The quantitative estimate of drug-likeness (QED) is 0.270. The molecule has 41 heavy (non-hydrogen) atoms. The van der Waals surface area contributed by atoms with Crippen molar-refractivity contribution in [1.29, 1.82) is 0 Å². The normalized spacial score (nSPS) is 11.2. The van der Waals surface area contributed by atoms with Gasteiger partial charge in [0.15, 0.2) is 0 Å². The van der Waals surface area contributed by atoms with E-state index < -0.39 is 0 Å². The third-order valence-electron chi connectivity index (χ3n) is 6.16. The van der Waals surface area contributed by atoms with E-state index in [4.69, 9.17) is 14.6 Å². The largest absolute Gasteiger partial charge is 0.497 e. The molecule has 11 heteroatoms. The number of ether oxygens (including phenoxy) is 2. The molecule has 0 aliphatic rings. The maximum atomic E-state index is 13.6. The number of amides is 2. The highest BCUT2D eigenvalue weighted by Crippen LogP contribution is 2.29. The van der Waals surface area contributed by atoms with Gasteiger partial charge in [-0.2, -0.15) is 5.10 Å². The number of hydrogen-bond donors (Lipinski definition) is 2. The predicted molar refractivity (Wildman–Crippen MR) is 155 cm³/mol. The molecule has 0 bridgehead atoms. The molecule has 5 aromatic rings. The molecular weight excluding hydrogens is 522 g/mol. The Morgan fingerprint density at radius 1 is 0.878 bits per heavy atom. The van der Waals surface area contributed by atoms with E-state index in [-0.39, 0.29) is 28.8 Å². The van der Waals surface area contributed by atoms with E-state index in [1.807, 2.05) is 30.3 Å². The fourth-order valence-electron chi connectivity index (χ4n) is 4.10. The Bertz CT molecular complexity index is 1740. The summed E-state index contributed by atoms with van der Waals surface area (Å²) < 4.78 is 12.9. The molecule has 11 nitrogen and oxygen atoms in total. The number of nitrogens with zero attached hydrogens (tertiary/aromatic N) is 5. The lowest BCUT2D eigenvalue weighted by atomic mass is 9.92. The van der Waals surface area contributed by atoms with E-state index >= 15 is 0 Å². The molecule has 5 rings (SSSR count). The second-order valence-corrected chi connectivity index (χ2v) is 10.3. The highest BCUT2D eigenvalue weighted by molar-refractivity contribution is 6.11. The van der Waals surface area contributed by atoms with Crippen molar-refractivity contribution < 1.29 is 19.1 Å². The Hall–Kier alpha value is -5.32. The number of pyridine rings is 1. The van der Waals surface area contributed by atoms with Crippen LogP contribution in [0.2, 0.25) is 0 Å². The lowest BCUT2D eigenvalue weighted by molar-refractivity contribution is -0.114. The van der Waals surface area contributed by atoms with E-state index in [2.05, 4.69) is 46.4 Å². The topological polar surface area (TPSA) is 133 Å². The van der Waals surface area contributed by atoms with Crippen molar-refractivity contribution in [2.75, 3.05) is 17.7 Å². The molecule has 0 aliphatic heterocycles. The molecule has 2 amide bonds. The summed E-state index contributed by atoms with van der Waals surface area (Å²) in [5.41, 5.74) is 1.61. The van der Waals surface area contributed by atoms with Crippen LogP contribution in [0, 0.1) is 0 Å². The van der Waals surface area contributed by atoms with Crippen LogP contribution in [-0.4, -0.2) is 43.7 Å². The number of carbonyl (C=O) groups is 2. The van der Waals surface area contributed by atoms with Crippen LogP contribution < -0.4 is 20.1 Å². The summed E-state index contributed by atoms with van der Waals surface area (Å²) in [6, 6.07) is 17.9. The first-order valence-corrected chi connectivity index (χ1v) is 12.8. The summed E-state index contributed by atoms with van der Waals surface area (Å²) in [6.07, 6.45) is 2.87. The van der Waals surface area contributed by atoms with Gasteiger partial charge in [0, 0.05) is 36.1 Å². The molecule has 2 aromatic carbocycles. The molecule has 0 saturated heterocycles. The van der Waals surface area contributed by atoms with E-state index in [1.54, 1.807) is 42.3 Å². The van der Waals surface area contributed by atoms with Crippen LogP contribution in [-0.2, 0) is 10.2 Å². The van der Waals surface area contributed by atoms with Crippen molar-refractivity contribution >= 4 is 34.2 Å². The first kappa shape index (κ1) is 27.3. The van der Waals surface area contributed by atoms with Crippen LogP contribution in [0.3, 0.4) is 0 Å². The van der Waals surface area contributed by atoms with Gasteiger partial charge in [-0.25, -0.2) is 14.6 Å². The zero-order valence-corrected chi connectivity index (χ0v) is 23.3. The van der Waals surface area contributed by atoms with Crippen molar-refractivity contribution in [2.45, 2.75) is 33.1 Å². The summed E-state index contributed by atoms with van der Waals surface area (Å²) in [5, 5.41) is 11.8. The molecule has 0 atom stereocenters. The molecule has 2 N–H and O–H groups in total. The lowest BCUT2D eigenvalue weighted by Gasteiger charge is -2.14. The van der Waals surface area contributed by atoms with Gasteiger partial charge in [0.2, 0.25) is 11.8 Å². The number of fused-ring (bicyclic) bond motifs is 1. The fraction of sp³-hybridized carbons (Fsp3) is 0.200. The zero-order chi connectivity index (χ0) is 29.1. The number of benzene rings is 2. The first-order valence-electron chi connectivity index (χ1n) is 12.8. The predicted octanol–water partition coefficient (Wildman–Crippen LogP) is 5.52. The smallest absolute Gasteiger partial charge is 0.276 e. The molecular formula is C30H29N7O4. The maximum Gasteiger partial charge on any atom is 0.276 e. The van der Waals surface area contributed by atoms with E-state index in [9.17, 15) is 9.59 Å². The minimum absolute atomic E-state index is 0.238. The second kappa shape index (κ2) is 11.0. The van der Waals surface area contributed by atoms with Gasteiger partial charge < -0.3 is 20.1 Å². The average molecular weight is 552 g/mol. The number of aromatic nitrogens is 5. The molecule has 0 aliphatic carbocycles. The van der Waals surface area contributed by atoms with E-state index in [0.717, 1.165) is 22.5 Å². The number of nitrogens with one attached hydrogen (secondary N) is 2. The molecule has 3 aromatic heterocycles. The summed E-state index contributed by atoms with van der Waals surface area (Å²) in [5.74, 6) is 1.69. The van der Waals surface area contributed by atoms with Crippen LogP contribution in [0.25, 0.3) is 16.5 Å². The van der Waals surface area contributed by atoms with Crippen molar-refractivity contribution in [3.8, 4) is 23.1 Å². The summed E-state index contributed by atoms with van der Waals surface area (Å²) in [6.45, 7) is 7.58. The average Bonchev–Trinajstić information content (AvgIpc) is 3.37. The van der Waals surface area contributed by atoms with E-state index in [1.165, 1.54) is 19.3 Å². The summed E-state index contributed by atoms with van der Waals surface area (Å²) in [4.78, 5) is 37.4. The molecule has 208 valence electrons. The van der Waals surface area contributed by atoms with Crippen molar-refractivity contribution in [3.63, 3.8) is 0 Å². The SMILES string of the molecule is COc1ccc(-n2nc(C(C)(C)C)cc2NC(=O)c2nccc3cc(Oc4cc(NC(C)=O)ncn4)ccc23)cc1. The second-order valence-electron chi connectivity index (χ2n) is 10.3. The molecule has 0 saturated carbocycles. The monoisotopic (exact) mass is 551 g/mol. The Balaban J connectivity index is 1.43. The molecule has 3 heterocycles. The minimum Gasteiger partial charge on any atom is -0.497 e. The minimum atomic E-state index is -0.380. The van der Waals surface area contributed by atoms with Crippen molar-refractivity contribution in [3.05, 3.63) is 84.6 Å². The lowest BCUT2D eigenvalue weighted by Crippen LogP contribution is -2.17. The standard InChI is InChI=1S/C30H29N7O4/c1-18(38)34-25-16-27(33-17-32-25)41-22-10-11-23-19(14-22)12-13-31-28(23)29(39)35-26-15-24(30(2,3)4)36-37(26)20-6-8-21(40-5)9-7-20/h6-17H,1-5H3,(H,35,39)(H,32,33,34,38). The number of rotatable bonds is 7. The van der Waals surface area contributed by atoms with Crippen LogP contribution >= 0.6 is 0 Å². The maximum absolute atomic E-state index is 13.6. The Kier molecular flexibility index (Phi) is 7.34. The third kappa shape index (κ3) is 6.14. The Morgan fingerprint density at radius 3 is 2.34 bits per heavy atom. The molecule has 0 fully saturated rings. The van der Waals surface area contributed by atoms with Gasteiger partial charge in [0.1, 0.15) is 35.2 Å². The molecule has 0 radical (unpaired) electrons. The van der Waals surface area contributed by atoms with Crippen LogP contribution in [0.5, 0.6) is 17.4 Å². The fourth-order valence-corrected chi connectivity index (χ4v) is 4.10. The van der Waals surface area contributed by atoms with Gasteiger partial charge in [-0.1, -0.05) is 20.8 Å². The van der Waals surface area contributed by atoms with Gasteiger partial charge in [0.05, 0.1) is 18.5 Å². The number of carbonyl (C=O) groups excluding carboxylic acids is 2. The van der Waals surface area contributed by atoms with E-state index in [0.29, 0.717) is 22.8 Å². The number of anilines is 2. The van der Waals surface area contributed by atoms with Gasteiger partial charge in [0.25, 0.3) is 5.91 Å². The van der Waals surface area contributed by atoms with Crippen LogP contribution in [0.15, 0.2) is 73.2 Å². The molecule has 0 spiro atoms. The summed E-state index contributed by atoms with van der Waals surface area (Å²) in [7, 11) is 1.61. The van der Waals surface area contributed by atoms with Gasteiger partial charge >= 0.3 is 0 Å². The Morgan fingerprint density at radius 2 is 1.63 bits per heavy atom. The highest BCUT2D eigenvalue weighted by Gasteiger charge is 2.23. The molecule has 0 unspecified atom stereocenters. The highest BCUT2D eigenvalue weighted by atomic mass is 16.5. The van der Waals surface area contributed by atoms with Gasteiger partial charge in [-0.05, 0) is 53.9 Å². The van der Waals surface area contributed by atoms with Crippen molar-refractivity contribution in [2.24, 2.45) is 0 Å². The van der Waals surface area contributed by atoms with Crippen LogP contribution in [0.4, 0.5) is 11.6 Å². The Labute approximate surface area is 236 Å². The van der Waals surface area contributed by atoms with Crippen LogP contribution in [0.1, 0.15) is 43.9 Å². The van der Waals surface area contributed by atoms with Crippen molar-refractivity contribution in [1.82, 2.24) is 24.7 Å². The third-order valence-corrected chi connectivity index (χ3v) is 6.16. The van der Waals surface area contributed by atoms with Gasteiger partial charge in [-0.15, -0.1) is 0 Å². The summed E-state index contributed by atoms with van der Waals surface area (Å²) >= 11 is 0.